The molecular weight excluding hydrogens is 300 g/mol. The van der Waals surface area contributed by atoms with Gasteiger partial charge in [-0.1, -0.05) is 35.4 Å². The van der Waals surface area contributed by atoms with E-state index in [0.717, 1.165) is 0 Å². The fourth-order valence-electron chi connectivity index (χ4n) is 1.83. The van der Waals surface area contributed by atoms with Gasteiger partial charge in [0.05, 0.1) is 5.02 Å². The summed E-state index contributed by atoms with van der Waals surface area (Å²) in [5.74, 6) is -0.0154. The minimum absolute atomic E-state index is 0.0154. The molecule has 0 saturated heterocycles. The second kappa shape index (κ2) is 4.76. The predicted molar refractivity (Wildman–Crippen MR) is 69.7 cm³/mol. The lowest BCUT2D eigenvalue weighted by Crippen LogP contribution is -2.38. The average molecular weight is 309 g/mol. The Balaban J connectivity index is 2.61. The fraction of sp³-hybridized carbons (Fsp3) is 0.231. The first-order chi connectivity index (χ1) is 8.70. The van der Waals surface area contributed by atoms with E-state index >= 15 is 0 Å². The number of hydrogen-bond acceptors (Lipinski definition) is 1. The number of alkyl halides is 3. The van der Waals surface area contributed by atoms with E-state index in [0.29, 0.717) is 10.6 Å². The van der Waals surface area contributed by atoms with Gasteiger partial charge in [-0.15, -0.1) is 0 Å². The molecule has 6 heteroatoms. The van der Waals surface area contributed by atoms with Crippen LogP contribution in [0.15, 0.2) is 29.9 Å². The molecule has 0 aromatic heterocycles. The monoisotopic (exact) mass is 308 g/mol. The van der Waals surface area contributed by atoms with E-state index in [1.54, 1.807) is 0 Å². The molecule has 0 bridgehead atoms. The summed E-state index contributed by atoms with van der Waals surface area (Å²) >= 11 is 11.7. The summed E-state index contributed by atoms with van der Waals surface area (Å²) in [6.45, 7) is 5.04. The summed E-state index contributed by atoms with van der Waals surface area (Å²) in [4.78, 5) is 0. The summed E-state index contributed by atoms with van der Waals surface area (Å²) in [5.41, 5.74) is 0.665. The zero-order chi connectivity index (χ0) is 14.4. The number of fused-ring (bicyclic) bond motifs is 1. The van der Waals surface area contributed by atoms with E-state index in [9.17, 15) is 13.2 Å². The van der Waals surface area contributed by atoms with E-state index in [4.69, 9.17) is 27.9 Å². The van der Waals surface area contributed by atoms with Gasteiger partial charge in [0, 0.05) is 16.2 Å². The highest BCUT2D eigenvalue weighted by Gasteiger charge is 2.46. The van der Waals surface area contributed by atoms with Crippen LogP contribution in [0, 0.1) is 0 Å². The van der Waals surface area contributed by atoms with Crippen molar-refractivity contribution in [3.05, 3.63) is 45.5 Å². The molecule has 1 aliphatic heterocycles. The van der Waals surface area contributed by atoms with Crippen molar-refractivity contribution >= 4 is 29.3 Å². The Bertz CT molecular complexity index is 576. The Kier molecular flexibility index (Phi) is 3.58. The first kappa shape index (κ1) is 14.3. The van der Waals surface area contributed by atoms with Gasteiger partial charge in [-0.3, -0.25) is 0 Å². The van der Waals surface area contributed by atoms with Crippen molar-refractivity contribution < 1.29 is 17.9 Å². The molecule has 0 radical (unpaired) electrons. The molecule has 19 heavy (non-hydrogen) atoms. The molecule has 0 spiro atoms. The average Bonchev–Trinajstić information content (AvgIpc) is 2.25. The lowest BCUT2D eigenvalue weighted by molar-refractivity contribution is -0.183. The van der Waals surface area contributed by atoms with Crippen LogP contribution in [0.2, 0.25) is 10.0 Å². The summed E-state index contributed by atoms with van der Waals surface area (Å²) < 4.78 is 44.0. The standard InChI is InChI=1S/C13H9Cl2F3O/c1-6(2)9-4-7-3-8(14)5-10(15)11(7)19-12(9)13(16,17)18/h3-5,12H,1H2,2H3. The van der Waals surface area contributed by atoms with Gasteiger partial charge in [0.25, 0.3) is 0 Å². The third-order valence-corrected chi connectivity index (χ3v) is 3.16. The molecule has 0 N–H and O–H groups in total. The Labute approximate surface area is 118 Å². The third-order valence-electron chi connectivity index (χ3n) is 2.66. The van der Waals surface area contributed by atoms with E-state index in [-0.39, 0.29) is 21.9 Å². The Hall–Kier alpha value is -1.13. The summed E-state index contributed by atoms with van der Waals surface area (Å²) in [6, 6.07) is 2.84. The van der Waals surface area contributed by atoms with E-state index < -0.39 is 12.3 Å². The van der Waals surface area contributed by atoms with Gasteiger partial charge in [-0.2, -0.15) is 13.2 Å². The molecule has 1 nitrogen and oxygen atoms in total. The molecule has 1 aromatic rings. The van der Waals surface area contributed by atoms with E-state index in [1.807, 2.05) is 0 Å². The van der Waals surface area contributed by atoms with Crippen LogP contribution in [-0.4, -0.2) is 12.3 Å². The van der Waals surface area contributed by atoms with Crippen molar-refractivity contribution in [2.75, 3.05) is 0 Å². The van der Waals surface area contributed by atoms with E-state index in [1.165, 1.54) is 25.1 Å². The molecule has 1 heterocycles. The van der Waals surface area contributed by atoms with Crippen LogP contribution in [0.1, 0.15) is 12.5 Å². The molecule has 1 atom stereocenters. The number of halogens is 5. The smallest absolute Gasteiger partial charge is 0.429 e. The molecule has 0 fully saturated rings. The molecule has 1 aliphatic rings. The van der Waals surface area contributed by atoms with Crippen molar-refractivity contribution in [3.63, 3.8) is 0 Å². The largest absolute Gasteiger partial charge is 0.474 e. The Morgan fingerprint density at radius 1 is 1.32 bits per heavy atom. The van der Waals surface area contributed by atoms with Crippen molar-refractivity contribution in [2.45, 2.75) is 19.2 Å². The Morgan fingerprint density at radius 2 is 1.95 bits per heavy atom. The molecular formula is C13H9Cl2F3O. The van der Waals surface area contributed by atoms with Crippen LogP contribution in [0.5, 0.6) is 5.75 Å². The summed E-state index contributed by atoms with van der Waals surface area (Å²) in [5, 5.41) is 0.379. The maximum Gasteiger partial charge on any atom is 0.429 e. The van der Waals surface area contributed by atoms with Crippen molar-refractivity contribution in [2.24, 2.45) is 0 Å². The SMILES string of the molecule is C=C(C)C1=Cc2cc(Cl)cc(Cl)c2OC1C(F)(F)F. The van der Waals surface area contributed by atoms with Gasteiger partial charge in [0.15, 0.2) is 0 Å². The second-order valence-electron chi connectivity index (χ2n) is 4.23. The third kappa shape index (κ3) is 2.74. The lowest BCUT2D eigenvalue weighted by Gasteiger charge is -2.29. The highest BCUT2D eigenvalue weighted by molar-refractivity contribution is 6.36. The van der Waals surface area contributed by atoms with Gasteiger partial charge < -0.3 is 4.74 Å². The maximum absolute atomic E-state index is 13.0. The van der Waals surface area contributed by atoms with Crippen molar-refractivity contribution in [1.29, 1.82) is 0 Å². The van der Waals surface area contributed by atoms with Crippen LogP contribution in [-0.2, 0) is 0 Å². The molecule has 102 valence electrons. The highest BCUT2D eigenvalue weighted by atomic mass is 35.5. The first-order valence-electron chi connectivity index (χ1n) is 5.30. The normalized spacial score (nSPS) is 18.4. The maximum atomic E-state index is 13.0. The zero-order valence-corrected chi connectivity index (χ0v) is 11.3. The quantitative estimate of drug-likeness (QED) is 0.686. The van der Waals surface area contributed by atoms with Crippen LogP contribution >= 0.6 is 23.2 Å². The number of hydrogen-bond donors (Lipinski definition) is 0. The number of benzene rings is 1. The van der Waals surface area contributed by atoms with Crippen LogP contribution in [0.4, 0.5) is 13.2 Å². The van der Waals surface area contributed by atoms with Crippen LogP contribution in [0.3, 0.4) is 0 Å². The molecule has 1 aromatic carbocycles. The van der Waals surface area contributed by atoms with Gasteiger partial charge >= 0.3 is 6.18 Å². The molecule has 2 rings (SSSR count). The summed E-state index contributed by atoms with van der Waals surface area (Å²) in [6.07, 6.45) is -5.24. The van der Waals surface area contributed by atoms with Crippen molar-refractivity contribution in [1.82, 2.24) is 0 Å². The lowest BCUT2D eigenvalue weighted by atomic mass is 9.96. The van der Waals surface area contributed by atoms with Gasteiger partial charge in [-0.25, -0.2) is 0 Å². The predicted octanol–water partition coefficient (Wildman–Crippen LogP) is 5.28. The topological polar surface area (TPSA) is 9.23 Å². The highest BCUT2D eigenvalue weighted by Crippen LogP contribution is 2.43. The van der Waals surface area contributed by atoms with Crippen LogP contribution in [0.25, 0.3) is 6.08 Å². The minimum atomic E-state index is -4.54. The molecule has 0 aliphatic carbocycles. The molecule has 1 unspecified atom stereocenters. The zero-order valence-electron chi connectivity index (χ0n) is 9.81. The Morgan fingerprint density at radius 3 is 2.47 bits per heavy atom. The minimum Gasteiger partial charge on any atom is -0.474 e. The summed E-state index contributed by atoms with van der Waals surface area (Å²) in [7, 11) is 0. The van der Waals surface area contributed by atoms with Crippen molar-refractivity contribution in [3.8, 4) is 5.75 Å². The fourth-order valence-corrected chi connectivity index (χ4v) is 2.38. The first-order valence-corrected chi connectivity index (χ1v) is 6.05. The molecule has 0 saturated carbocycles. The van der Waals surface area contributed by atoms with E-state index in [2.05, 4.69) is 6.58 Å². The number of rotatable bonds is 1. The number of ether oxygens (including phenoxy) is 1. The van der Waals surface area contributed by atoms with Gasteiger partial charge in [0.1, 0.15) is 5.75 Å². The van der Waals surface area contributed by atoms with Gasteiger partial charge in [0.2, 0.25) is 6.10 Å². The second-order valence-corrected chi connectivity index (χ2v) is 5.07. The van der Waals surface area contributed by atoms with Crippen LogP contribution < -0.4 is 4.74 Å². The molecule has 0 amide bonds. The van der Waals surface area contributed by atoms with Gasteiger partial charge in [-0.05, 0) is 25.1 Å².